The molecular weight excluding hydrogens is 372 g/mol. The van der Waals surface area contributed by atoms with E-state index in [2.05, 4.69) is 12.1 Å². The Labute approximate surface area is 169 Å². The lowest BCUT2D eigenvalue weighted by Gasteiger charge is -2.35. The van der Waals surface area contributed by atoms with Gasteiger partial charge >= 0.3 is 0 Å². The van der Waals surface area contributed by atoms with Crippen molar-refractivity contribution in [3.63, 3.8) is 0 Å². The van der Waals surface area contributed by atoms with Gasteiger partial charge in [-0.25, -0.2) is 0 Å². The van der Waals surface area contributed by atoms with Crippen LogP contribution in [0.3, 0.4) is 0 Å². The Morgan fingerprint density at radius 2 is 2.00 bits per heavy atom. The number of likely N-dealkylation sites (tertiary alicyclic amines) is 1. The predicted molar refractivity (Wildman–Crippen MR) is 110 cm³/mol. The molecule has 0 spiro atoms. The number of amides is 1. The standard InChI is InChI=1S/C21H26N4O2S/c1-12-14(3)23-27-20(12)16-10-24(5)22-19(16)18-8-6-7-9-25(18)21(26)17-11-28-15(4)13(17)2/h10-11,18H,6-9H2,1-5H3. The summed E-state index contributed by atoms with van der Waals surface area (Å²) in [5.41, 5.74) is 5.64. The van der Waals surface area contributed by atoms with Gasteiger partial charge in [0.15, 0.2) is 5.76 Å². The van der Waals surface area contributed by atoms with E-state index in [1.807, 2.05) is 44.3 Å². The number of aromatic nitrogens is 3. The molecule has 4 heterocycles. The molecule has 1 amide bonds. The second kappa shape index (κ2) is 7.20. The summed E-state index contributed by atoms with van der Waals surface area (Å²) < 4.78 is 7.43. The molecule has 0 saturated carbocycles. The fourth-order valence-electron chi connectivity index (χ4n) is 3.93. The molecule has 0 bridgehead atoms. The van der Waals surface area contributed by atoms with Crippen LogP contribution < -0.4 is 0 Å². The Hall–Kier alpha value is -2.41. The van der Waals surface area contributed by atoms with Crippen molar-refractivity contribution in [1.29, 1.82) is 0 Å². The molecule has 1 fully saturated rings. The van der Waals surface area contributed by atoms with Crippen molar-refractivity contribution in [1.82, 2.24) is 19.8 Å². The molecule has 0 N–H and O–H groups in total. The fraction of sp³-hybridized carbons (Fsp3) is 0.476. The first-order valence-electron chi connectivity index (χ1n) is 9.71. The summed E-state index contributed by atoms with van der Waals surface area (Å²) in [6.07, 6.45) is 4.98. The van der Waals surface area contributed by atoms with E-state index in [0.29, 0.717) is 0 Å². The van der Waals surface area contributed by atoms with Gasteiger partial charge in [0, 0.05) is 35.6 Å². The maximum atomic E-state index is 13.4. The molecule has 0 aliphatic carbocycles. The van der Waals surface area contributed by atoms with Gasteiger partial charge in [-0.15, -0.1) is 11.3 Å². The second-order valence-electron chi connectivity index (χ2n) is 7.66. The van der Waals surface area contributed by atoms with Crippen LogP contribution in [0.2, 0.25) is 0 Å². The first kappa shape index (κ1) is 18.9. The molecule has 28 heavy (non-hydrogen) atoms. The molecule has 0 radical (unpaired) electrons. The van der Waals surface area contributed by atoms with E-state index in [0.717, 1.165) is 65.2 Å². The fourth-order valence-corrected chi connectivity index (χ4v) is 4.79. The lowest BCUT2D eigenvalue weighted by atomic mass is 9.94. The topological polar surface area (TPSA) is 64.2 Å². The van der Waals surface area contributed by atoms with Gasteiger partial charge in [0.25, 0.3) is 5.91 Å². The molecule has 4 rings (SSSR count). The van der Waals surface area contributed by atoms with Gasteiger partial charge in [0.05, 0.1) is 28.6 Å². The van der Waals surface area contributed by atoms with Crippen LogP contribution >= 0.6 is 11.3 Å². The Bertz CT molecular complexity index is 1030. The third kappa shape index (κ3) is 3.07. The summed E-state index contributed by atoms with van der Waals surface area (Å²) in [6.45, 7) is 8.80. The van der Waals surface area contributed by atoms with E-state index in [9.17, 15) is 4.79 Å². The van der Waals surface area contributed by atoms with Gasteiger partial charge in [-0.1, -0.05) is 5.16 Å². The minimum atomic E-state index is -0.0538. The summed E-state index contributed by atoms with van der Waals surface area (Å²) in [6, 6.07) is -0.0538. The van der Waals surface area contributed by atoms with Crippen LogP contribution in [-0.2, 0) is 7.05 Å². The van der Waals surface area contributed by atoms with Crippen LogP contribution in [0.25, 0.3) is 11.3 Å². The summed E-state index contributed by atoms with van der Waals surface area (Å²) in [7, 11) is 1.91. The molecule has 1 unspecified atom stereocenters. The first-order chi connectivity index (χ1) is 13.4. The van der Waals surface area contributed by atoms with Gasteiger partial charge in [-0.05, 0) is 52.5 Å². The van der Waals surface area contributed by atoms with Crippen LogP contribution in [0, 0.1) is 27.7 Å². The molecule has 148 valence electrons. The lowest BCUT2D eigenvalue weighted by molar-refractivity contribution is 0.0605. The minimum absolute atomic E-state index is 0.0538. The molecule has 7 heteroatoms. The monoisotopic (exact) mass is 398 g/mol. The van der Waals surface area contributed by atoms with Crippen LogP contribution in [-0.4, -0.2) is 32.3 Å². The number of thiophene rings is 1. The van der Waals surface area contributed by atoms with Crippen molar-refractivity contribution in [3.05, 3.63) is 44.5 Å². The Morgan fingerprint density at radius 1 is 1.21 bits per heavy atom. The molecule has 1 saturated heterocycles. The number of aryl methyl sites for hydroxylation is 3. The van der Waals surface area contributed by atoms with Crippen molar-refractivity contribution in [3.8, 4) is 11.3 Å². The zero-order valence-electron chi connectivity index (χ0n) is 17.1. The minimum Gasteiger partial charge on any atom is -0.356 e. The number of carbonyl (C=O) groups is 1. The van der Waals surface area contributed by atoms with Crippen LogP contribution in [0.15, 0.2) is 16.1 Å². The quantitative estimate of drug-likeness (QED) is 0.639. The molecule has 6 nitrogen and oxygen atoms in total. The third-order valence-corrected chi connectivity index (χ3v) is 6.87. The molecule has 3 aromatic rings. The zero-order valence-corrected chi connectivity index (χ0v) is 17.9. The van der Waals surface area contributed by atoms with Crippen LogP contribution in [0.4, 0.5) is 0 Å². The molecular formula is C21H26N4O2S. The van der Waals surface area contributed by atoms with E-state index in [1.54, 1.807) is 16.0 Å². The smallest absolute Gasteiger partial charge is 0.255 e. The van der Waals surface area contributed by atoms with Crippen molar-refractivity contribution in [2.24, 2.45) is 7.05 Å². The highest BCUT2D eigenvalue weighted by atomic mass is 32.1. The highest BCUT2D eigenvalue weighted by Gasteiger charge is 2.34. The number of carbonyl (C=O) groups excluding carboxylic acids is 1. The molecule has 0 aromatic carbocycles. The van der Waals surface area contributed by atoms with Gasteiger partial charge in [-0.3, -0.25) is 9.48 Å². The van der Waals surface area contributed by atoms with Gasteiger partial charge < -0.3 is 9.42 Å². The molecule has 3 aromatic heterocycles. The number of hydrogen-bond acceptors (Lipinski definition) is 5. The van der Waals surface area contributed by atoms with Crippen LogP contribution in [0.1, 0.15) is 63.1 Å². The predicted octanol–water partition coefficient (Wildman–Crippen LogP) is 4.74. The lowest BCUT2D eigenvalue weighted by Crippen LogP contribution is -2.39. The molecule has 1 atom stereocenters. The van der Waals surface area contributed by atoms with Crippen molar-refractivity contribution < 1.29 is 9.32 Å². The van der Waals surface area contributed by atoms with Crippen LogP contribution in [0.5, 0.6) is 0 Å². The van der Waals surface area contributed by atoms with E-state index in [4.69, 9.17) is 9.62 Å². The maximum absolute atomic E-state index is 13.4. The maximum Gasteiger partial charge on any atom is 0.255 e. The summed E-state index contributed by atoms with van der Waals surface area (Å²) in [5.74, 6) is 0.856. The van der Waals surface area contributed by atoms with Gasteiger partial charge in [0.2, 0.25) is 0 Å². The number of nitrogens with zero attached hydrogens (tertiary/aromatic N) is 4. The Morgan fingerprint density at radius 3 is 2.64 bits per heavy atom. The summed E-state index contributed by atoms with van der Waals surface area (Å²) in [5, 5.41) is 10.9. The van der Waals surface area contributed by atoms with E-state index >= 15 is 0 Å². The average Bonchev–Trinajstić information content (AvgIpc) is 3.33. The van der Waals surface area contributed by atoms with Gasteiger partial charge in [0.1, 0.15) is 0 Å². The normalized spacial score (nSPS) is 17.3. The van der Waals surface area contributed by atoms with Crippen molar-refractivity contribution in [2.75, 3.05) is 6.54 Å². The SMILES string of the molecule is Cc1noc(-c2cn(C)nc2C2CCCCN2C(=O)c2csc(C)c2C)c1C. The highest BCUT2D eigenvalue weighted by Crippen LogP contribution is 2.38. The number of hydrogen-bond donors (Lipinski definition) is 0. The largest absolute Gasteiger partial charge is 0.356 e. The Kier molecular flexibility index (Phi) is 4.87. The third-order valence-electron chi connectivity index (χ3n) is 5.85. The number of rotatable bonds is 3. The Balaban J connectivity index is 1.76. The summed E-state index contributed by atoms with van der Waals surface area (Å²) in [4.78, 5) is 16.6. The van der Waals surface area contributed by atoms with E-state index in [1.165, 1.54) is 4.88 Å². The molecule has 1 aliphatic heterocycles. The van der Waals surface area contributed by atoms with E-state index in [-0.39, 0.29) is 11.9 Å². The van der Waals surface area contributed by atoms with Crippen molar-refractivity contribution >= 4 is 17.2 Å². The molecule has 1 aliphatic rings. The number of piperidine rings is 1. The second-order valence-corrected chi connectivity index (χ2v) is 8.75. The zero-order chi connectivity index (χ0) is 20.0. The highest BCUT2D eigenvalue weighted by molar-refractivity contribution is 7.10. The van der Waals surface area contributed by atoms with Gasteiger partial charge in [-0.2, -0.15) is 5.10 Å². The summed E-state index contributed by atoms with van der Waals surface area (Å²) >= 11 is 1.64. The average molecular weight is 399 g/mol. The van der Waals surface area contributed by atoms with Crippen molar-refractivity contribution in [2.45, 2.75) is 53.0 Å². The van der Waals surface area contributed by atoms with E-state index < -0.39 is 0 Å². The first-order valence-corrected chi connectivity index (χ1v) is 10.6.